The minimum atomic E-state index is -0.285. The van der Waals surface area contributed by atoms with Crippen molar-refractivity contribution in [3.63, 3.8) is 0 Å². The fourth-order valence-electron chi connectivity index (χ4n) is 2.03. The van der Waals surface area contributed by atoms with E-state index >= 15 is 0 Å². The van der Waals surface area contributed by atoms with Gasteiger partial charge in [0, 0.05) is 12.6 Å². The highest BCUT2D eigenvalue weighted by atomic mass is 35.5. The molecule has 0 saturated carbocycles. The van der Waals surface area contributed by atoms with Crippen LogP contribution >= 0.6 is 11.6 Å². The van der Waals surface area contributed by atoms with E-state index in [4.69, 9.17) is 16.3 Å². The molecule has 1 aromatic carbocycles. The van der Waals surface area contributed by atoms with Crippen molar-refractivity contribution in [1.82, 2.24) is 15.3 Å². The average molecular weight is 349 g/mol. The Bertz CT molecular complexity index is 691. The van der Waals surface area contributed by atoms with Gasteiger partial charge in [0.2, 0.25) is 0 Å². The van der Waals surface area contributed by atoms with Gasteiger partial charge in [-0.2, -0.15) is 0 Å². The maximum absolute atomic E-state index is 12.4. The van der Waals surface area contributed by atoms with E-state index < -0.39 is 0 Å². The number of amides is 1. The van der Waals surface area contributed by atoms with E-state index in [2.05, 4.69) is 20.6 Å². The standard InChI is InChI=1S/C17H21ClN4O2/c1-4-11(2)22-17(23)14-15(18)20-10-21-16(14)19-9-12-5-7-13(24-3)8-6-12/h5-8,10-11H,4,9H2,1-3H3,(H,22,23)(H,19,20,21)/t11-/m0/s1. The summed E-state index contributed by atoms with van der Waals surface area (Å²) in [5, 5.41) is 6.15. The zero-order chi connectivity index (χ0) is 17.5. The van der Waals surface area contributed by atoms with Crippen molar-refractivity contribution in [2.24, 2.45) is 0 Å². The number of rotatable bonds is 7. The van der Waals surface area contributed by atoms with Gasteiger partial charge >= 0.3 is 0 Å². The summed E-state index contributed by atoms with van der Waals surface area (Å²) in [5.41, 5.74) is 1.28. The van der Waals surface area contributed by atoms with Crippen LogP contribution in [0.1, 0.15) is 36.2 Å². The van der Waals surface area contributed by atoms with Crippen LogP contribution in [-0.4, -0.2) is 29.0 Å². The lowest BCUT2D eigenvalue weighted by Gasteiger charge is -2.15. The van der Waals surface area contributed by atoms with Crippen molar-refractivity contribution in [1.29, 1.82) is 0 Å². The summed E-state index contributed by atoms with van der Waals surface area (Å²) in [4.78, 5) is 20.5. The van der Waals surface area contributed by atoms with Crippen LogP contribution in [0.5, 0.6) is 5.75 Å². The molecular formula is C17H21ClN4O2. The SMILES string of the molecule is CC[C@H](C)NC(=O)c1c(Cl)ncnc1NCc1ccc(OC)cc1. The van der Waals surface area contributed by atoms with Gasteiger partial charge in [0.1, 0.15) is 28.6 Å². The first-order valence-corrected chi connectivity index (χ1v) is 8.11. The van der Waals surface area contributed by atoms with Crippen LogP contribution in [0.2, 0.25) is 5.15 Å². The number of benzene rings is 1. The second-order valence-corrected chi connectivity index (χ2v) is 5.73. The van der Waals surface area contributed by atoms with Crippen molar-refractivity contribution < 1.29 is 9.53 Å². The third kappa shape index (κ3) is 4.58. The summed E-state index contributed by atoms with van der Waals surface area (Å²) in [6, 6.07) is 7.67. The molecule has 1 atom stereocenters. The monoisotopic (exact) mass is 348 g/mol. The molecule has 2 N–H and O–H groups in total. The molecule has 0 radical (unpaired) electrons. The molecule has 0 aliphatic rings. The molecule has 7 heteroatoms. The number of halogens is 1. The average Bonchev–Trinajstić information content (AvgIpc) is 2.60. The number of aromatic nitrogens is 2. The Morgan fingerprint density at radius 2 is 2.00 bits per heavy atom. The number of hydrogen-bond acceptors (Lipinski definition) is 5. The zero-order valence-corrected chi connectivity index (χ0v) is 14.7. The lowest BCUT2D eigenvalue weighted by Crippen LogP contribution is -2.33. The van der Waals surface area contributed by atoms with Crippen LogP contribution in [-0.2, 0) is 6.54 Å². The summed E-state index contributed by atoms with van der Waals surface area (Å²) in [5.74, 6) is 0.913. The van der Waals surface area contributed by atoms with Gasteiger partial charge in [0.25, 0.3) is 5.91 Å². The number of anilines is 1. The van der Waals surface area contributed by atoms with E-state index in [1.807, 2.05) is 38.1 Å². The van der Waals surface area contributed by atoms with Crippen LogP contribution in [0.25, 0.3) is 0 Å². The summed E-state index contributed by atoms with van der Waals surface area (Å²) in [6.07, 6.45) is 2.16. The second-order valence-electron chi connectivity index (χ2n) is 5.37. The molecule has 1 amide bonds. The summed E-state index contributed by atoms with van der Waals surface area (Å²) in [6.45, 7) is 4.43. The topological polar surface area (TPSA) is 76.1 Å². The maximum atomic E-state index is 12.4. The fourth-order valence-corrected chi connectivity index (χ4v) is 2.25. The van der Waals surface area contributed by atoms with E-state index in [0.29, 0.717) is 12.4 Å². The highest BCUT2D eigenvalue weighted by molar-refractivity contribution is 6.33. The van der Waals surface area contributed by atoms with E-state index in [0.717, 1.165) is 17.7 Å². The van der Waals surface area contributed by atoms with Gasteiger partial charge in [-0.25, -0.2) is 9.97 Å². The number of nitrogens with one attached hydrogen (secondary N) is 2. The Kier molecular flexibility index (Phi) is 6.37. The van der Waals surface area contributed by atoms with Gasteiger partial charge in [-0.1, -0.05) is 30.7 Å². The number of carbonyl (C=O) groups is 1. The van der Waals surface area contributed by atoms with Crippen molar-refractivity contribution in [3.8, 4) is 5.75 Å². The number of hydrogen-bond donors (Lipinski definition) is 2. The molecule has 2 aromatic rings. The van der Waals surface area contributed by atoms with Crippen LogP contribution in [0.4, 0.5) is 5.82 Å². The molecular weight excluding hydrogens is 328 g/mol. The van der Waals surface area contributed by atoms with E-state index in [1.165, 1.54) is 6.33 Å². The zero-order valence-electron chi connectivity index (χ0n) is 14.0. The lowest BCUT2D eigenvalue weighted by atomic mass is 10.2. The predicted octanol–water partition coefficient (Wildman–Crippen LogP) is 3.28. The molecule has 24 heavy (non-hydrogen) atoms. The molecule has 0 aliphatic heterocycles. The molecule has 0 unspecified atom stereocenters. The molecule has 128 valence electrons. The van der Waals surface area contributed by atoms with E-state index in [-0.39, 0.29) is 22.7 Å². The highest BCUT2D eigenvalue weighted by Crippen LogP contribution is 2.21. The molecule has 1 aromatic heterocycles. The van der Waals surface area contributed by atoms with E-state index in [1.54, 1.807) is 7.11 Å². The predicted molar refractivity (Wildman–Crippen MR) is 94.6 cm³/mol. The number of ether oxygens (including phenoxy) is 1. The normalized spacial score (nSPS) is 11.7. The molecule has 1 heterocycles. The number of methoxy groups -OCH3 is 1. The van der Waals surface area contributed by atoms with Crippen LogP contribution < -0.4 is 15.4 Å². The minimum absolute atomic E-state index is 0.0446. The van der Waals surface area contributed by atoms with Crippen molar-refractivity contribution in [3.05, 3.63) is 46.9 Å². The lowest BCUT2D eigenvalue weighted by molar-refractivity contribution is 0.0939. The summed E-state index contributed by atoms with van der Waals surface area (Å²) in [7, 11) is 1.62. The third-order valence-electron chi connectivity index (χ3n) is 3.64. The largest absolute Gasteiger partial charge is 0.497 e. The Labute approximate surface area is 146 Å². The van der Waals surface area contributed by atoms with Gasteiger partial charge in [0.05, 0.1) is 7.11 Å². The molecule has 0 bridgehead atoms. The van der Waals surface area contributed by atoms with E-state index in [9.17, 15) is 4.79 Å². The smallest absolute Gasteiger partial charge is 0.258 e. The second kappa shape index (κ2) is 8.49. The fraction of sp³-hybridized carbons (Fsp3) is 0.353. The Hall–Kier alpha value is -2.34. The first kappa shape index (κ1) is 18.0. The van der Waals surface area contributed by atoms with Crippen LogP contribution in [0.15, 0.2) is 30.6 Å². The highest BCUT2D eigenvalue weighted by Gasteiger charge is 2.19. The van der Waals surface area contributed by atoms with Gasteiger partial charge in [0.15, 0.2) is 0 Å². The molecule has 0 aliphatic carbocycles. The molecule has 0 fully saturated rings. The van der Waals surface area contributed by atoms with Crippen molar-refractivity contribution in [2.45, 2.75) is 32.9 Å². The third-order valence-corrected chi connectivity index (χ3v) is 3.92. The molecule has 2 rings (SSSR count). The number of carbonyl (C=O) groups excluding carboxylic acids is 1. The van der Waals surface area contributed by atoms with Gasteiger partial charge < -0.3 is 15.4 Å². The van der Waals surface area contributed by atoms with Crippen LogP contribution in [0, 0.1) is 0 Å². The summed E-state index contributed by atoms with van der Waals surface area (Å²) >= 11 is 6.10. The van der Waals surface area contributed by atoms with Gasteiger partial charge in [-0.05, 0) is 31.0 Å². The number of nitrogens with zero attached hydrogens (tertiary/aromatic N) is 2. The van der Waals surface area contributed by atoms with Crippen LogP contribution in [0.3, 0.4) is 0 Å². The quantitative estimate of drug-likeness (QED) is 0.751. The molecule has 0 saturated heterocycles. The van der Waals surface area contributed by atoms with Crippen molar-refractivity contribution >= 4 is 23.3 Å². The Morgan fingerprint density at radius 3 is 2.62 bits per heavy atom. The molecule has 0 spiro atoms. The molecule has 6 nitrogen and oxygen atoms in total. The Morgan fingerprint density at radius 1 is 1.29 bits per heavy atom. The Balaban J connectivity index is 2.14. The van der Waals surface area contributed by atoms with Crippen molar-refractivity contribution in [2.75, 3.05) is 12.4 Å². The first-order valence-electron chi connectivity index (χ1n) is 7.73. The minimum Gasteiger partial charge on any atom is -0.497 e. The maximum Gasteiger partial charge on any atom is 0.258 e. The summed E-state index contributed by atoms with van der Waals surface area (Å²) < 4.78 is 5.13. The first-order chi connectivity index (χ1) is 11.5. The van der Waals surface area contributed by atoms with Gasteiger partial charge in [-0.15, -0.1) is 0 Å². The van der Waals surface area contributed by atoms with Gasteiger partial charge in [-0.3, -0.25) is 4.79 Å².